The Balaban J connectivity index is 1.32. The number of aryl methyl sites for hydroxylation is 1. The number of ether oxygens (including phenoxy) is 1. The van der Waals surface area contributed by atoms with E-state index in [1.165, 1.54) is 5.56 Å². The van der Waals surface area contributed by atoms with Crippen LogP contribution in [-0.2, 0) is 22.6 Å². The van der Waals surface area contributed by atoms with Crippen molar-refractivity contribution < 1.29 is 14.3 Å². The molecular weight excluding hydrogens is 452 g/mol. The van der Waals surface area contributed by atoms with Crippen molar-refractivity contribution >= 4 is 23.5 Å². The predicted octanol–water partition coefficient (Wildman–Crippen LogP) is 3.78. The SMILES string of the molecule is Cc1nn(Cc2ccccc2)c(Cl)c1C(=O)O[C@@H](C)C(=O)N1CCN(Cc2ccccc2)CC1. The summed E-state index contributed by atoms with van der Waals surface area (Å²) in [6, 6.07) is 20.0. The van der Waals surface area contributed by atoms with Gasteiger partial charge in [-0.2, -0.15) is 5.10 Å². The molecule has 0 aliphatic carbocycles. The van der Waals surface area contributed by atoms with E-state index in [0.717, 1.165) is 25.2 Å². The maximum atomic E-state index is 12.9. The van der Waals surface area contributed by atoms with Gasteiger partial charge in [-0.3, -0.25) is 9.69 Å². The van der Waals surface area contributed by atoms with Crippen LogP contribution in [-0.4, -0.2) is 63.7 Å². The average Bonchev–Trinajstić information content (AvgIpc) is 3.13. The summed E-state index contributed by atoms with van der Waals surface area (Å²) in [5.41, 5.74) is 2.94. The third-order valence-corrected chi connectivity index (χ3v) is 6.39. The molecule has 1 amide bonds. The van der Waals surface area contributed by atoms with Gasteiger partial charge in [0, 0.05) is 32.7 Å². The molecule has 0 radical (unpaired) electrons. The van der Waals surface area contributed by atoms with E-state index >= 15 is 0 Å². The third-order valence-electron chi connectivity index (χ3n) is 6.01. The molecule has 1 saturated heterocycles. The highest BCUT2D eigenvalue weighted by molar-refractivity contribution is 6.32. The molecule has 0 unspecified atom stereocenters. The second-order valence-corrected chi connectivity index (χ2v) is 8.89. The fraction of sp³-hybridized carbons (Fsp3) is 0.346. The van der Waals surface area contributed by atoms with Crippen molar-refractivity contribution in [3.05, 3.63) is 88.2 Å². The normalized spacial score (nSPS) is 15.2. The predicted molar refractivity (Wildman–Crippen MR) is 131 cm³/mol. The molecule has 0 bridgehead atoms. The summed E-state index contributed by atoms with van der Waals surface area (Å²) in [4.78, 5) is 29.9. The van der Waals surface area contributed by atoms with Crippen molar-refractivity contribution in [3.8, 4) is 0 Å². The minimum Gasteiger partial charge on any atom is -0.449 e. The van der Waals surface area contributed by atoms with Crippen LogP contribution >= 0.6 is 11.6 Å². The van der Waals surface area contributed by atoms with E-state index in [-0.39, 0.29) is 16.6 Å². The van der Waals surface area contributed by atoms with Crippen LogP contribution in [0.3, 0.4) is 0 Å². The first kappa shape index (κ1) is 24.0. The van der Waals surface area contributed by atoms with Crippen LogP contribution < -0.4 is 0 Å². The van der Waals surface area contributed by atoms with Crippen molar-refractivity contribution in [2.24, 2.45) is 0 Å². The molecule has 4 rings (SSSR count). The van der Waals surface area contributed by atoms with Crippen molar-refractivity contribution in [2.45, 2.75) is 33.0 Å². The summed E-state index contributed by atoms with van der Waals surface area (Å²) >= 11 is 6.47. The van der Waals surface area contributed by atoms with E-state index in [1.54, 1.807) is 23.4 Å². The number of piperazine rings is 1. The van der Waals surface area contributed by atoms with Crippen LogP contribution in [0.15, 0.2) is 60.7 Å². The Labute approximate surface area is 204 Å². The van der Waals surface area contributed by atoms with Crippen LogP contribution in [0.25, 0.3) is 0 Å². The Morgan fingerprint density at radius 2 is 1.50 bits per heavy atom. The summed E-state index contributed by atoms with van der Waals surface area (Å²) in [7, 11) is 0. The lowest BCUT2D eigenvalue weighted by atomic mass is 10.2. The highest BCUT2D eigenvalue weighted by atomic mass is 35.5. The summed E-state index contributed by atoms with van der Waals surface area (Å²) in [5, 5.41) is 4.60. The molecule has 0 spiro atoms. The first-order valence-electron chi connectivity index (χ1n) is 11.4. The van der Waals surface area contributed by atoms with Gasteiger partial charge in [0.1, 0.15) is 10.7 Å². The Kier molecular flexibility index (Phi) is 7.65. The minimum absolute atomic E-state index is 0.196. The van der Waals surface area contributed by atoms with Gasteiger partial charge in [0.2, 0.25) is 0 Å². The van der Waals surface area contributed by atoms with E-state index in [4.69, 9.17) is 16.3 Å². The van der Waals surface area contributed by atoms with Crippen molar-refractivity contribution in [1.29, 1.82) is 0 Å². The van der Waals surface area contributed by atoms with Crippen LogP contribution in [0.5, 0.6) is 0 Å². The maximum absolute atomic E-state index is 12.9. The fourth-order valence-electron chi connectivity index (χ4n) is 4.14. The highest BCUT2D eigenvalue weighted by Gasteiger charge is 2.30. The zero-order valence-corrected chi connectivity index (χ0v) is 20.2. The topological polar surface area (TPSA) is 67.7 Å². The fourth-order valence-corrected chi connectivity index (χ4v) is 4.45. The Bertz CT molecular complexity index is 1130. The van der Waals surface area contributed by atoms with E-state index < -0.39 is 12.1 Å². The van der Waals surface area contributed by atoms with E-state index in [2.05, 4.69) is 22.1 Å². The number of amides is 1. The van der Waals surface area contributed by atoms with Gasteiger partial charge in [-0.25, -0.2) is 9.48 Å². The molecule has 1 atom stereocenters. The molecule has 2 aromatic carbocycles. The largest absolute Gasteiger partial charge is 0.449 e. The molecular formula is C26H29ClN4O3. The molecule has 0 saturated carbocycles. The molecule has 34 heavy (non-hydrogen) atoms. The van der Waals surface area contributed by atoms with Gasteiger partial charge < -0.3 is 9.64 Å². The van der Waals surface area contributed by atoms with Gasteiger partial charge in [0.15, 0.2) is 6.10 Å². The number of aromatic nitrogens is 2. The number of rotatable bonds is 7. The summed E-state index contributed by atoms with van der Waals surface area (Å²) in [6.07, 6.45) is -0.902. The number of hydrogen-bond acceptors (Lipinski definition) is 5. The second-order valence-electron chi connectivity index (χ2n) is 8.53. The lowest BCUT2D eigenvalue weighted by Crippen LogP contribution is -2.51. The summed E-state index contributed by atoms with van der Waals surface area (Å²) in [5.74, 6) is -0.830. The summed E-state index contributed by atoms with van der Waals surface area (Å²) in [6.45, 7) is 7.37. The smallest absolute Gasteiger partial charge is 0.343 e. The van der Waals surface area contributed by atoms with Gasteiger partial charge in [-0.1, -0.05) is 72.3 Å². The first-order chi connectivity index (χ1) is 16.4. The standard InChI is InChI=1S/C26H29ClN4O3/c1-19-23(24(27)31(28-19)18-22-11-7-4-8-12-22)26(33)34-20(2)25(32)30-15-13-29(14-16-30)17-21-9-5-3-6-10-21/h3-12,20H,13-18H2,1-2H3/t20-/m0/s1. The molecule has 1 aromatic heterocycles. The summed E-state index contributed by atoms with van der Waals surface area (Å²) < 4.78 is 7.09. The average molecular weight is 481 g/mol. The molecule has 1 aliphatic heterocycles. The quantitative estimate of drug-likeness (QED) is 0.481. The zero-order chi connectivity index (χ0) is 24.1. The number of carbonyl (C=O) groups excluding carboxylic acids is 2. The lowest BCUT2D eigenvalue weighted by Gasteiger charge is -2.35. The van der Waals surface area contributed by atoms with Gasteiger partial charge in [-0.15, -0.1) is 0 Å². The Hall–Kier alpha value is -3.16. The molecule has 0 N–H and O–H groups in total. The Morgan fingerprint density at radius 1 is 0.941 bits per heavy atom. The third kappa shape index (κ3) is 5.66. The van der Waals surface area contributed by atoms with Crippen LogP contribution in [0.4, 0.5) is 0 Å². The second kappa shape index (κ2) is 10.8. The first-order valence-corrected chi connectivity index (χ1v) is 11.8. The van der Waals surface area contributed by atoms with Gasteiger partial charge in [0.05, 0.1) is 12.2 Å². The molecule has 2 heterocycles. The van der Waals surface area contributed by atoms with Crippen LogP contribution in [0, 0.1) is 6.92 Å². The van der Waals surface area contributed by atoms with Crippen LogP contribution in [0.2, 0.25) is 5.15 Å². The number of hydrogen-bond donors (Lipinski definition) is 0. The number of carbonyl (C=O) groups is 2. The molecule has 7 nitrogen and oxygen atoms in total. The number of benzene rings is 2. The number of nitrogens with zero attached hydrogens (tertiary/aromatic N) is 4. The Morgan fingerprint density at radius 3 is 2.09 bits per heavy atom. The maximum Gasteiger partial charge on any atom is 0.343 e. The molecule has 8 heteroatoms. The van der Waals surface area contributed by atoms with Gasteiger partial charge >= 0.3 is 5.97 Å². The highest BCUT2D eigenvalue weighted by Crippen LogP contribution is 2.23. The van der Waals surface area contributed by atoms with Gasteiger partial charge in [0.25, 0.3) is 5.91 Å². The lowest BCUT2D eigenvalue weighted by molar-refractivity contribution is -0.141. The van der Waals surface area contributed by atoms with E-state index in [1.807, 2.05) is 48.5 Å². The van der Waals surface area contributed by atoms with Crippen molar-refractivity contribution in [2.75, 3.05) is 26.2 Å². The monoisotopic (exact) mass is 480 g/mol. The molecule has 1 fully saturated rings. The molecule has 178 valence electrons. The molecule has 1 aliphatic rings. The van der Waals surface area contributed by atoms with Crippen molar-refractivity contribution in [1.82, 2.24) is 19.6 Å². The minimum atomic E-state index is -0.902. The van der Waals surface area contributed by atoms with Gasteiger partial charge in [-0.05, 0) is 25.0 Å². The van der Waals surface area contributed by atoms with E-state index in [0.29, 0.717) is 25.3 Å². The zero-order valence-electron chi connectivity index (χ0n) is 19.5. The van der Waals surface area contributed by atoms with Crippen LogP contribution in [0.1, 0.15) is 34.1 Å². The van der Waals surface area contributed by atoms with E-state index in [9.17, 15) is 9.59 Å². The molecule has 3 aromatic rings. The number of halogens is 1. The van der Waals surface area contributed by atoms with Crippen molar-refractivity contribution in [3.63, 3.8) is 0 Å². The number of esters is 1.